The Kier molecular flexibility index (Phi) is 2.17. The van der Waals surface area contributed by atoms with Gasteiger partial charge in [0.25, 0.3) is 0 Å². The number of alkyl halides is 3. The van der Waals surface area contributed by atoms with Gasteiger partial charge in [-0.2, -0.15) is 13.2 Å². The van der Waals surface area contributed by atoms with Gasteiger partial charge in [0.1, 0.15) is 0 Å². The molecule has 1 fully saturated rings. The van der Waals surface area contributed by atoms with E-state index in [1.807, 2.05) is 0 Å². The summed E-state index contributed by atoms with van der Waals surface area (Å²) in [5.41, 5.74) is -0.639. The molecule has 1 saturated carbocycles. The minimum atomic E-state index is -4.01. The van der Waals surface area contributed by atoms with E-state index in [-0.39, 0.29) is 5.92 Å². The maximum absolute atomic E-state index is 12.5. The van der Waals surface area contributed by atoms with Crippen molar-refractivity contribution in [3.8, 4) is 0 Å². The first kappa shape index (κ1) is 9.87. The lowest BCUT2D eigenvalue weighted by Crippen LogP contribution is -2.36. The Morgan fingerprint density at radius 2 is 1.50 bits per heavy atom. The van der Waals surface area contributed by atoms with Crippen LogP contribution in [0.2, 0.25) is 0 Å². The number of rotatable bonds is 1. The van der Waals surface area contributed by atoms with Gasteiger partial charge in [0.05, 0.1) is 5.92 Å². The SMILES string of the molecule is CC(C)(C)C(C1CC1)C(F)(F)F. The van der Waals surface area contributed by atoms with Gasteiger partial charge in [-0.3, -0.25) is 0 Å². The summed E-state index contributed by atoms with van der Waals surface area (Å²) in [4.78, 5) is 0. The van der Waals surface area contributed by atoms with E-state index < -0.39 is 17.5 Å². The van der Waals surface area contributed by atoms with Crippen LogP contribution in [0.5, 0.6) is 0 Å². The average Bonchev–Trinajstić information content (AvgIpc) is 2.38. The molecule has 0 N–H and O–H groups in total. The molecule has 1 rings (SSSR count). The monoisotopic (exact) mass is 180 g/mol. The lowest BCUT2D eigenvalue weighted by atomic mass is 9.77. The molecule has 0 saturated heterocycles. The molecule has 3 heteroatoms. The quantitative estimate of drug-likeness (QED) is 0.578. The molecule has 1 aliphatic rings. The van der Waals surface area contributed by atoms with Crippen LogP contribution in [0.3, 0.4) is 0 Å². The number of hydrogen-bond donors (Lipinski definition) is 0. The van der Waals surface area contributed by atoms with Crippen LogP contribution in [-0.4, -0.2) is 6.18 Å². The minimum absolute atomic E-state index is 0.106. The van der Waals surface area contributed by atoms with E-state index in [9.17, 15) is 13.2 Å². The molecule has 1 atom stereocenters. The predicted molar refractivity (Wildman–Crippen MR) is 41.7 cm³/mol. The van der Waals surface area contributed by atoms with Crippen molar-refractivity contribution in [2.24, 2.45) is 17.3 Å². The first-order valence-corrected chi connectivity index (χ1v) is 4.29. The third-order valence-corrected chi connectivity index (χ3v) is 2.38. The molecule has 0 nitrogen and oxygen atoms in total. The first-order chi connectivity index (χ1) is 5.23. The minimum Gasteiger partial charge on any atom is -0.171 e. The van der Waals surface area contributed by atoms with Crippen LogP contribution in [0.25, 0.3) is 0 Å². The van der Waals surface area contributed by atoms with Crippen LogP contribution in [0.15, 0.2) is 0 Å². The highest BCUT2D eigenvalue weighted by atomic mass is 19.4. The van der Waals surface area contributed by atoms with Gasteiger partial charge in [-0.05, 0) is 24.2 Å². The Balaban J connectivity index is 2.74. The Morgan fingerprint density at radius 1 is 1.08 bits per heavy atom. The molecule has 1 aliphatic carbocycles. The van der Waals surface area contributed by atoms with Gasteiger partial charge in [0.2, 0.25) is 0 Å². The molecule has 0 aromatic carbocycles. The zero-order valence-corrected chi connectivity index (χ0v) is 7.70. The van der Waals surface area contributed by atoms with Gasteiger partial charge in [-0.1, -0.05) is 20.8 Å². The Morgan fingerprint density at radius 3 is 1.58 bits per heavy atom. The topological polar surface area (TPSA) is 0 Å². The summed E-state index contributed by atoms with van der Waals surface area (Å²) in [5, 5.41) is 0. The smallest absolute Gasteiger partial charge is 0.171 e. The highest BCUT2D eigenvalue weighted by Gasteiger charge is 2.53. The lowest BCUT2D eigenvalue weighted by Gasteiger charge is -2.32. The third-order valence-electron chi connectivity index (χ3n) is 2.38. The summed E-state index contributed by atoms with van der Waals surface area (Å²) in [6.07, 6.45) is -2.51. The summed E-state index contributed by atoms with van der Waals surface area (Å²) in [5.74, 6) is -1.21. The maximum Gasteiger partial charge on any atom is 0.392 e. The molecule has 72 valence electrons. The zero-order chi connectivity index (χ0) is 9.57. The Hall–Kier alpha value is -0.210. The molecule has 0 heterocycles. The van der Waals surface area contributed by atoms with Crippen molar-refractivity contribution < 1.29 is 13.2 Å². The fraction of sp³-hybridized carbons (Fsp3) is 1.00. The zero-order valence-electron chi connectivity index (χ0n) is 7.70. The van der Waals surface area contributed by atoms with Crippen molar-refractivity contribution in [2.45, 2.75) is 39.8 Å². The van der Waals surface area contributed by atoms with E-state index in [0.717, 1.165) is 12.8 Å². The van der Waals surface area contributed by atoms with Crippen molar-refractivity contribution in [1.29, 1.82) is 0 Å². The lowest BCUT2D eigenvalue weighted by molar-refractivity contribution is -0.206. The van der Waals surface area contributed by atoms with E-state index >= 15 is 0 Å². The average molecular weight is 180 g/mol. The van der Waals surface area contributed by atoms with Gasteiger partial charge in [-0.25, -0.2) is 0 Å². The fourth-order valence-electron chi connectivity index (χ4n) is 1.89. The molecule has 12 heavy (non-hydrogen) atoms. The number of halogens is 3. The van der Waals surface area contributed by atoms with Crippen LogP contribution < -0.4 is 0 Å². The normalized spacial score (nSPS) is 22.5. The molecule has 0 spiro atoms. The third kappa shape index (κ3) is 2.14. The second-order valence-electron chi connectivity index (χ2n) is 4.72. The van der Waals surface area contributed by atoms with Crippen LogP contribution in [0, 0.1) is 17.3 Å². The van der Waals surface area contributed by atoms with Gasteiger partial charge in [-0.15, -0.1) is 0 Å². The summed E-state index contributed by atoms with van der Waals surface area (Å²) < 4.78 is 37.5. The predicted octanol–water partition coefficient (Wildman–Crippen LogP) is 3.62. The molecular formula is C9H15F3. The van der Waals surface area contributed by atoms with Gasteiger partial charge in [0, 0.05) is 0 Å². The molecule has 0 radical (unpaired) electrons. The van der Waals surface area contributed by atoms with Crippen molar-refractivity contribution >= 4 is 0 Å². The van der Waals surface area contributed by atoms with E-state index in [2.05, 4.69) is 0 Å². The van der Waals surface area contributed by atoms with Gasteiger partial charge in [0.15, 0.2) is 0 Å². The van der Waals surface area contributed by atoms with Crippen LogP contribution in [0.1, 0.15) is 33.6 Å². The summed E-state index contributed by atoms with van der Waals surface area (Å²) >= 11 is 0. The summed E-state index contributed by atoms with van der Waals surface area (Å²) in [7, 11) is 0. The fourth-order valence-corrected chi connectivity index (χ4v) is 1.89. The van der Waals surface area contributed by atoms with E-state index in [1.54, 1.807) is 20.8 Å². The van der Waals surface area contributed by atoms with Crippen molar-refractivity contribution in [1.82, 2.24) is 0 Å². The van der Waals surface area contributed by atoms with Crippen molar-refractivity contribution in [2.75, 3.05) is 0 Å². The molecule has 1 unspecified atom stereocenters. The highest BCUT2D eigenvalue weighted by molar-refractivity contribution is 4.92. The Labute approximate surface area is 71.1 Å². The van der Waals surface area contributed by atoms with E-state index in [1.165, 1.54) is 0 Å². The number of hydrogen-bond acceptors (Lipinski definition) is 0. The van der Waals surface area contributed by atoms with Crippen LogP contribution >= 0.6 is 0 Å². The Bertz CT molecular complexity index is 146. The van der Waals surface area contributed by atoms with Crippen molar-refractivity contribution in [3.05, 3.63) is 0 Å². The summed E-state index contributed by atoms with van der Waals surface area (Å²) in [6, 6.07) is 0. The van der Waals surface area contributed by atoms with Gasteiger partial charge >= 0.3 is 6.18 Å². The molecular weight excluding hydrogens is 165 g/mol. The first-order valence-electron chi connectivity index (χ1n) is 4.29. The second-order valence-corrected chi connectivity index (χ2v) is 4.72. The van der Waals surface area contributed by atoms with Crippen LogP contribution in [0.4, 0.5) is 13.2 Å². The molecule has 0 bridgehead atoms. The maximum atomic E-state index is 12.5. The summed E-state index contributed by atoms with van der Waals surface area (Å²) in [6.45, 7) is 5.01. The van der Waals surface area contributed by atoms with E-state index in [4.69, 9.17) is 0 Å². The highest BCUT2D eigenvalue weighted by Crippen LogP contribution is 2.52. The molecule has 0 aromatic rings. The molecule has 0 aromatic heterocycles. The van der Waals surface area contributed by atoms with Crippen molar-refractivity contribution in [3.63, 3.8) is 0 Å². The standard InChI is InChI=1S/C9H15F3/c1-8(2,3)7(6-4-5-6)9(10,11)12/h6-7H,4-5H2,1-3H3. The van der Waals surface area contributed by atoms with Crippen LogP contribution in [-0.2, 0) is 0 Å². The van der Waals surface area contributed by atoms with E-state index in [0.29, 0.717) is 0 Å². The molecule has 0 amide bonds. The largest absolute Gasteiger partial charge is 0.392 e. The van der Waals surface area contributed by atoms with Gasteiger partial charge < -0.3 is 0 Å². The second kappa shape index (κ2) is 2.64. The molecule has 0 aliphatic heterocycles.